The van der Waals surface area contributed by atoms with Crippen LogP contribution in [0.15, 0.2) is 48.5 Å². The molecular weight excluding hydrogens is 326 g/mol. The summed E-state index contributed by atoms with van der Waals surface area (Å²) >= 11 is 5.85. The summed E-state index contributed by atoms with van der Waals surface area (Å²) in [5.74, 6) is 1.06. The first-order chi connectivity index (χ1) is 11.4. The van der Waals surface area contributed by atoms with E-state index in [0.29, 0.717) is 23.1 Å². The van der Waals surface area contributed by atoms with Crippen LogP contribution in [-0.4, -0.2) is 21.5 Å². The monoisotopic (exact) mass is 343 g/mol. The van der Waals surface area contributed by atoms with Gasteiger partial charge in [0, 0.05) is 5.02 Å². The predicted octanol–water partition coefficient (Wildman–Crippen LogP) is 3.69. The lowest BCUT2D eigenvalue weighted by molar-refractivity contribution is -0.134. The van der Waals surface area contributed by atoms with E-state index in [4.69, 9.17) is 16.3 Å². The van der Waals surface area contributed by atoms with E-state index < -0.39 is 5.60 Å². The Morgan fingerprint density at radius 3 is 2.62 bits per heavy atom. The Morgan fingerprint density at radius 2 is 1.92 bits per heavy atom. The van der Waals surface area contributed by atoms with Crippen molar-refractivity contribution in [1.29, 1.82) is 0 Å². The predicted molar refractivity (Wildman–Crippen MR) is 94.1 cm³/mol. The van der Waals surface area contributed by atoms with E-state index in [9.17, 15) is 4.79 Å². The number of halogens is 1. The lowest BCUT2D eigenvalue weighted by Gasteiger charge is -2.25. The summed E-state index contributed by atoms with van der Waals surface area (Å²) in [6, 6.07) is 14.6. The molecule has 1 amide bonds. The number of hydrogen-bond acceptors (Lipinski definition) is 3. The molecule has 5 nitrogen and oxygen atoms in total. The molecule has 0 saturated carbocycles. The lowest BCUT2D eigenvalue weighted by Crippen LogP contribution is -2.46. The zero-order valence-corrected chi connectivity index (χ0v) is 14.2. The number of aromatic nitrogens is 2. The lowest BCUT2D eigenvalue weighted by atomic mass is 10.1. The maximum absolute atomic E-state index is 12.4. The van der Waals surface area contributed by atoms with Crippen molar-refractivity contribution in [3.63, 3.8) is 0 Å². The van der Waals surface area contributed by atoms with Crippen LogP contribution in [0.3, 0.4) is 0 Å². The number of imidazole rings is 1. The molecule has 0 aliphatic heterocycles. The maximum Gasteiger partial charge on any atom is 0.263 e. The Balaban J connectivity index is 1.63. The minimum atomic E-state index is -1.01. The van der Waals surface area contributed by atoms with E-state index in [-0.39, 0.29) is 5.91 Å². The van der Waals surface area contributed by atoms with E-state index in [1.54, 1.807) is 38.1 Å². The van der Waals surface area contributed by atoms with Crippen molar-refractivity contribution in [3.8, 4) is 5.75 Å². The summed E-state index contributed by atoms with van der Waals surface area (Å²) in [6.45, 7) is 3.74. The van der Waals surface area contributed by atoms with Crippen molar-refractivity contribution in [3.05, 3.63) is 59.4 Å². The van der Waals surface area contributed by atoms with Crippen LogP contribution in [0.1, 0.15) is 19.7 Å². The molecule has 0 unspecified atom stereocenters. The van der Waals surface area contributed by atoms with Gasteiger partial charge in [-0.2, -0.15) is 0 Å². The molecule has 0 atom stereocenters. The Hall–Kier alpha value is -2.53. The Labute approximate surface area is 145 Å². The Kier molecular flexibility index (Phi) is 4.44. The molecule has 0 aliphatic carbocycles. The summed E-state index contributed by atoms with van der Waals surface area (Å²) in [4.78, 5) is 20.0. The third kappa shape index (κ3) is 3.68. The number of para-hydroxylation sites is 2. The van der Waals surface area contributed by atoms with Crippen LogP contribution in [0.2, 0.25) is 5.02 Å². The second kappa shape index (κ2) is 6.53. The fraction of sp³-hybridized carbons (Fsp3) is 0.222. The van der Waals surface area contributed by atoms with Gasteiger partial charge in [0.2, 0.25) is 0 Å². The first-order valence-corrected chi connectivity index (χ1v) is 7.98. The van der Waals surface area contributed by atoms with Crippen molar-refractivity contribution < 1.29 is 9.53 Å². The molecule has 2 aromatic carbocycles. The quantitative estimate of drug-likeness (QED) is 0.742. The number of H-pyrrole nitrogens is 1. The third-order valence-electron chi connectivity index (χ3n) is 3.59. The van der Waals surface area contributed by atoms with Crippen molar-refractivity contribution in [1.82, 2.24) is 15.3 Å². The molecule has 0 aliphatic rings. The molecule has 6 heteroatoms. The third-order valence-corrected chi connectivity index (χ3v) is 3.84. The highest BCUT2D eigenvalue weighted by atomic mass is 35.5. The number of carbonyl (C=O) groups excluding carboxylic acids is 1. The fourth-order valence-corrected chi connectivity index (χ4v) is 2.44. The number of fused-ring (bicyclic) bond motifs is 1. The molecule has 3 aromatic rings. The van der Waals surface area contributed by atoms with Crippen molar-refractivity contribution in [2.75, 3.05) is 0 Å². The van der Waals surface area contributed by atoms with Gasteiger partial charge in [0.15, 0.2) is 5.60 Å². The summed E-state index contributed by atoms with van der Waals surface area (Å²) in [5.41, 5.74) is 0.802. The number of rotatable bonds is 5. The zero-order chi connectivity index (χ0) is 17.2. The van der Waals surface area contributed by atoms with E-state index in [1.807, 2.05) is 24.3 Å². The maximum atomic E-state index is 12.4. The van der Waals surface area contributed by atoms with Gasteiger partial charge in [0.25, 0.3) is 5.91 Å². The van der Waals surface area contributed by atoms with E-state index in [1.165, 1.54) is 0 Å². The summed E-state index contributed by atoms with van der Waals surface area (Å²) in [6.07, 6.45) is 0. The van der Waals surface area contributed by atoms with Gasteiger partial charge in [-0.1, -0.05) is 23.7 Å². The van der Waals surface area contributed by atoms with E-state index in [2.05, 4.69) is 15.3 Å². The van der Waals surface area contributed by atoms with Gasteiger partial charge in [-0.25, -0.2) is 4.98 Å². The second-order valence-corrected chi connectivity index (χ2v) is 6.39. The first-order valence-electron chi connectivity index (χ1n) is 7.60. The van der Waals surface area contributed by atoms with Crippen molar-refractivity contribution >= 4 is 28.5 Å². The van der Waals surface area contributed by atoms with Gasteiger partial charge in [0.05, 0.1) is 17.6 Å². The topological polar surface area (TPSA) is 67.0 Å². The highest BCUT2D eigenvalue weighted by Gasteiger charge is 2.29. The minimum Gasteiger partial charge on any atom is -0.478 e. The van der Waals surface area contributed by atoms with E-state index in [0.717, 1.165) is 11.0 Å². The largest absolute Gasteiger partial charge is 0.478 e. The molecule has 1 heterocycles. The van der Waals surface area contributed by atoms with Crippen LogP contribution in [0.4, 0.5) is 0 Å². The van der Waals surface area contributed by atoms with Crippen LogP contribution in [0.25, 0.3) is 11.0 Å². The van der Waals surface area contributed by atoms with E-state index >= 15 is 0 Å². The number of aromatic amines is 1. The number of nitrogens with zero attached hydrogens (tertiary/aromatic N) is 1. The van der Waals surface area contributed by atoms with Crippen molar-refractivity contribution in [2.45, 2.75) is 26.0 Å². The number of amides is 1. The molecule has 0 fully saturated rings. The van der Waals surface area contributed by atoms with Gasteiger partial charge in [-0.3, -0.25) is 4.79 Å². The normalized spacial score (nSPS) is 11.5. The zero-order valence-electron chi connectivity index (χ0n) is 13.5. The molecule has 0 saturated heterocycles. The smallest absolute Gasteiger partial charge is 0.263 e. The average Bonchev–Trinajstić information content (AvgIpc) is 2.97. The summed E-state index contributed by atoms with van der Waals surface area (Å²) < 4.78 is 5.76. The van der Waals surface area contributed by atoms with Gasteiger partial charge in [-0.15, -0.1) is 0 Å². The number of carbonyl (C=O) groups is 1. The SMILES string of the molecule is CC(C)(Oc1ccc(Cl)cc1)C(=O)NCc1nc2ccccc2[nH]1. The highest BCUT2D eigenvalue weighted by molar-refractivity contribution is 6.30. The molecule has 0 spiro atoms. The summed E-state index contributed by atoms with van der Waals surface area (Å²) in [7, 11) is 0. The van der Waals surface area contributed by atoms with Gasteiger partial charge < -0.3 is 15.0 Å². The molecule has 0 radical (unpaired) electrons. The highest BCUT2D eigenvalue weighted by Crippen LogP contribution is 2.21. The Morgan fingerprint density at radius 1 is 1.21 bits per heavy atom. The van der Waals surface area contributed by atoms with Gasteiger partial charge in [-0.05, 0) is 50.2 Å². The van der Waals surface area contributed by atoms with Crippen LogP contribution in [0.5, 0.6) is 5.75 Å². The molecule has 24 heavy (non-hydrogen) atoms. The average molecular weight is 344 g/mol. The number of ether oxygens (including phenoxy) is 1. The van der Waals surface area contributed by atoms with Crippen LogP contribution < -0.4 is 10.1 Å². The first kappa shape index (κ1) is 16.3. The van der Waals surface area contributed by atoms with Crippen LogP contribution >= 0.6 is 11.6 Å². The van der Waals surface area contributed by atoms with Crippen LogP contribution in [-0.2, 0) is 11.3 Å². The Bertz CT molecular complexity index is 823. The number of hydrogen-bond donors (Lipinski definition) is 2. The molecular formula is C18H18ClN3O2. The second-order valence-electron chi connectivity index (χ2n) is 5.95. The molecule has 124 valence electrons. The molecule has 2 N–H and O–H groups in total. The molecule has 1 aromatic heterocycles. The van der Waals surface area contributed by atoms with Crippen molar-refractivity contribution in [2.24, 2.45) is 0 Å². The minimum absolute atomic E-state index is 0.224. The van der Waals surface area contributed by atoms with Gasteiger partial charge in [0.1, 0.15) is 11.6 Å². The number of benzene rings is 2. The molecule has 0 bridgehead atoms. The van der Waals surface area contributed by atoms with Crippen LogP contribution in [0, 0.1) is 0 Å². The number of nitrogens with one attached hydrogen (secondary N) is 2. The van der Waals surface area contributed by atoms with Gasteiger partial charge >= 0.3 is 0 Å². The standard InChI is InChI=1S/C18H18ClN3O2/c1-18(2,24-13-9-7-12(19)8-10-13)17(23)20-11-16-21-14-5-3-4-6-15(14)22-16/h3-10H,11H2,1-2H3,(H,20,23)(H,21,22). The molecule has 3 rings (SSSR count). The fourth-order valence-electron chi connectivity index (χ4n) is 2.31. The summed E-state index contributed by atoms with van der Waals surface area (Å²) in [5, 5.41) is 3.47.